The molecule has 8 heteroatoms. The number of benzene rings is 3. The van der Waals surface area contributed by atoms with Crippen LogP contribution in [0.1, 0.15) is 0 Å². The van der Waals surface area contributed by atoms with Crippen molar-refractivity contribution in [2.75, 3.05) is 10.6 Å². The van der Waals surface area contributed by atoms with Crippen molar-refractivity contribution in [2.45, 2.75) is 0 Å². The second-order valence-corrected chi connectivity index (χ2v) is 7.60. The molecule has 4 rings (SSSR count). The van der Waals surface area contributed by atoms with E-state index in [1.54, 1.807) is 35.1 Å². The molecule has 30 heavy (non-hydrogen) atoms. The Labute approximate surface area is 188 Å². The maximum atomic E-state index is 12.6. The van der Waals surface area contributed by atoms with Crippen LogP contribution in [0, 0.1) is 0 Å². The van der Waals surface area contributed by atoms with Gasteiger partial charge in [0.15, 0.2) is 0 Å². The number of rotatable bonds is 4. The molecule has 0 aliphatic heterocycles. The van der Waals surface area contributed by atoms with E-state index in [1.807, 2.05) is 48.5 Å². The number of anilines is 2. The van der Waals surface area contributed by atoms with E-state index in [4.69, 9.17) is 34.8 Å². The molecule has 0 spiro atoms. The summed E-state index contributed by atoms with van der Waals surface area (Å²) in [5.74, 6) is 0. The Morgan fingerprint density at radius 1 is 0.833 bits per heavy atom. The van der Waals surface area contributed by atoms with Gasteiger partial charge in [0.2, 0.25) is 0 Å². The van der Waals surface area contributed by atoms with Gasteiger partial charge in [-0.1, -0.05) is 83.3 Å². The molecule has 0 saturated carbocycles. The smallest absolute Gasteiger partial charge is 0.308 e. The van der Waals surface area contributed by atoms with Gasteiger partial charge in [-0.3, -0.25) is 0 Å². The molecule has 1 aromatic heterocycles. The number of carbonyl (C=O) groups excluding carboxylic acids is 1. The molecule has 0 saturated heterocycles. The molecule has 0 unspecified atom stereocenters. The van der Waals surface area contributed by atoms with E-state index in [0.29, 0.717) is 37.8 Å². The minimum atomic E-state index is -0.397. The zero-order valence-corrected chi connectivity index (χ0v) is 17.7. The summed E-state index contributed by atoms with van der Waals surface area (Å²) in [4.78, 5) is 12.6. The molecule has 150 valence electrons. The first-order chi connectivity index (χ1) is 14.5. The number of aromatic nitrogens is 2. The highest BCUT2D eigenvalue weighted by Gasteiger charge is 2.20. The van der Waals surface area contributed by atoms with Crippen molar-refractivity contribution in [1.82, 2.24) is 9.78 Å². The highest BCUT2D eigenvalue weighted by molar-refractivity contribution is 6.40. The molecule has 0 aliphatic carbocycles. The molecular formula is C22H15Cl3N4O. The minimum absolute atomic E-state index is 0.341. The fourth-order valence-corrected chi connectivity index (χ4v) is 4.00. The summed E-state index contributed by atoms with van der Waals surface area (Å²) in [5, 5.41) is 11.2. The normalized spacial score (nSPS) is 10.6. The molecule has 4 aromatic rings. The standard InChI is InChI=1S/C22H15Cl3N4O/c23-15-11-17(24)21(18(25)12-15)29-20(14-7-3-1-4-8-14)19(13-26-29)28-22(30)27-16-9-5-2-6-10-16/h1-13H,(H2,27,28,30). The summed E-state index contributed by atoms with van der Waals surface area (Å²) in [6.07, 6.45) is 1.55. The highest BCUT2D eigenvalue weighted by atomic mass is 35.5. The lowest BCUT2D eigenvalue weighted by atomic mass is 10.1. The van der Waals surface area contributed by atoms with Crippen molar-refractivity contribution >= 4 is 52.2 Å². The number of nitrogens with zero attached hydrogens (tertiary/aromatic N) is 2. The number of halogens is 3. The van der Waals surface area contributed by atoms with E-state index in [2.05, 4.69) is 15.7 Å². The van der Waals surface area contributed by atoms with Gasteiger partial charge in [-0.25, -0.2) is 9.48 Å². The average Bonchev–Trinajstić information content (AvgIpc) is 3.11. The predicted octanol–water partition coefficient (Wildman–Crippen LogP) is 7.14. The van der Waals surface area contributed by atoms with Crippen molar-refractivity contribution in [3.63, 3.8) is 0 Å². The van der Waals surface area contributed by atoms with Crippen LogP contribution in [0.2, 0.25) is 15.1 Å². The number of hydrogen-bond donors (Lipinski definition) is 2. The van der Waals surface area contributed by atoms with Crippen molar-refractivity contribution in [3.8, 4) is 16.9 Å². The Hall–Kier alpha value is -2.99. The molecular weight excluding hydrogens is 443 g/mol. The topological polar surface area (TPSA) is 59.0 Å². The lowest BCUT2D eigenvalue weighted by Crippen LogP contribution is -2.19. The molecule has 1 heterocycles. The van der Waals surface area contributed by atoms with Crippen molar-refractivity contribution in [1.29, 1.82) is 0 Å². The lowest BCUT2D eigenvalue weighted by molar-refractivity contribution is 0.262. The van der Waals surface area contributed by atoms with Gasteiger partial charge in [0.05, 0.1) is 27.6 Å². The molecule has 0 atom stereocenters. The number of para-hydroxylation sites is 1. The summed E-state index contributed by atoms with van der Waals surface area (Å²) < 4.78 is 1.59. The second-order valence-electron chi connectivity index (χ2n) is 6.35. The van der Waals surface area contributed by atoms with Crippen LogP contribution in [0.4, 0.5) is 16.2 Å². The van der Waals surface area contributed by atoms with Crippen LogP contribution < -0.4 is 10.6 Å². The van der Waals surface area contributed by atoms with E-state index >= 15 is 0 Å². The van der Waals surface area contributed by atoms with Gasteiger partial charge in [0.1, 0.15) is 5.69 Å². The zero-order chi connectivity index (χ0) is 21.1. The molecule has 0 fully saturated rings. The number of urea groups is 1. The first-order valence-electron chi connectivity index (χ1n) is 8.94. The SMILES string of the molecule is O=C(Nc1ccccc1)Nc1cnn(-c2c(Cl)cc(Cl)cc2Cl)c1-c1ccccc1. The van der Waals surface area contributed by atoms with Gasteiger partial charge in [-0.2, -0.15) is 5.10 Å². The molecule has 2 amide bonds. The largest absolute Gasteiger partial charge is 0.323 e. The van der Waals surface area contributed by atoms with Crippen LogP contribution >= 0.6 is 34.8 Å². The van der Waals surface area contributed by atoms with Crippen LogP contribution in [0.25, 0.3) is 16.9 Å². The first-order valence-corrected chi connectivity index (χ1v) is 10.1. The van der Waals surface area contributed by atoms with Crippen LogP contribution in [-0.2, 0) is 0 Å². The van der Waals surface area contributed by atoms with E-state index in [1.165, 1.54) is 0 Å². The fraction of sp³-hybridized carbons (Fsp3) is 0. The fourth-order valence-electron chi connectivity index (χ4n) is 3.03. The van der Waals surface area contributed by atoms with E-state index in [0.717, 1.165) is 5.56 Å². The monoisotopic (exact) mass is 456 g/mol. The maximum Gasteiger partial charge on any atom is 0.323 e. The van der Waals surface area contributed by atoms with Crippen molar-refractivity contribution in [3.05, 3.63) is 94.1 Å². The summed E-state index contributed by atoms with van der Waals surface area (Å²) in [7, 11) is 0. The van der Waals surface area contributed by atoms with Gasteiger partial charge < -0.3 is 10.6 Å². The summed E-state index contributed by atoms with van der Waals surface area (Å²) in [6, 6.07) is 21.5. The third-order valence-electron chi connectivity index (χ3n) is 4.29. The Bertz CT molecular complexity index is 1170. The minimum Gasteiger partial charge on any atom is -0.308 e. The predicted molar refractivity (Wildman–Crippen MR) is 123 cm³/mol. The second kappa shape index (κ2) is 8.79. The molecule has 0 radical (unpaired) electrons. The van der Waals surface area contributed by atoms with Crippen molar-refractivity contribution in [2.24, 2.45) is 0 Å². The van der Waals surface area contributed by atoms with E-state index in [9.17, 15) is 4.79 Å². The van der Waals surface area contributed by atoms with Crippen LogP contribution in [0.15, 0.2) is 79.0 Å². The third-order valence-corrected chi connectivity index (χ3v) is 5.08. The Kier molecular flexibility index (Phi) is 5.95. The van der Waals surface area contributed by atoms with Crippen LogP contribution in [0.5, 0.6) is 0 Å². The number of nitrogens with one attached hydrogen (secondary N) is 2. The first kappa shape index (κ1) is 20.3. The molecule has 0 aliphatic rings. The average molecular weight is 458 g/mol. The summed E-state index contributed by atoms with van der Waals surface area (Å²) in [5.41, 5.74) is 3.10. The maximum absolute atomic E-state index is 12.6. The van der Waals surface area contributed by atoms with Gasteiger partial charge in [-0.05, 0) is 24.3 Å². The summed E-state index contributed by atoms with van der Waals surface area (Å²) >= 11 is 18.9. The number of hydrogen-bond acceptors (Lipinski definition) is 2. The zero-order valence-electron chi connectivity index (χ0n) is 15.4. The van der Waals surface area contributed by atoms with Crippen LogP contribution in [-0.4, -0.2) is 15.8 Å². The highest BCUT2D eigenvalue weighted by Crippen LogP contribution is 2.37. The Morgan fingerprint density at radius 3 is 2.07 bits per heavy atom. The van der Waals surface area contributed by atoms with Gasteiger partial charge in [0.25, 0.3) is 0 Å². The summed E-state index contributed by atoms with van der Waals surface area (Å²) in [6.45, 7) is 0. The van der Waals surface area contributed by atoms with Gasteiger partial charge in [-0.15, -0.1) is 0 Å². The Balaban J connectivity index is 1.76. The molecule has 3 aromatic carbocycles. The van der Waals surface area contributed by atoms with E-state index in [-0.39, 0.29) is 0 Å². The number of amides is 2. The van der Waals surface area contributed by atoms with Crippen molar-refractivity contribution < 1.29 is 4.79 Å². The third kappa shape index (κ3) is 4.28. The molecule has 2 N–H and O–H groups in total. The van der Waals surface area contributed by atoms with Gasteiger partial charge in [0, 0.05) is 16.3 Å². The van der Waals surface area contributed by atoms with Crippen LogP contribution in [0.3, 0.4) is 0 Å². The van der Waals surface area contributed by atoms with Gasteiger partial charge >= 0.3 is 6.03 Å². The Morgan fingerprint density at radius 2 is 1.43 bits per heavy atom. The quantitative estimate of drug-likeness (QED) is 0.342. The molecule has 5 nitrogen and oxygen atoms in total. The molecule has 0 bridgehead atoms. The number of carbonyl (C=O) groups is 1. The van der Waals surface area contributed by atoms with E-state index < -0.39 is 6.03 Å². The lowest BCUT2D eigenvalue weighted by Gasteiger charge is -2.14.